The molecular formula is C16H17N5O2. The summed E-state index contributed by atoms with van der Waals surface area (Å²) in [6.45, 7) is 3.68. The number of rotatable bonds is 4. The monoisotopic (exact) mass is 311 g/mol. The molecule has 0 spiro atoms. The average Bonchev–Trinajstić information content (AvgIpc) is 3.19. The van der Waals surface area contributed by atoms with Gasteiger partial charge >= 0.3 is 6.03 Å². The molecule has 118 valence electrons. The van der Waals surface area contributed by atoms with Crippen LogP contribution >= 0.6 is 0 Å². The Labute approximate surface area is 133 Å². The van der Waals surface area contributed by atoms with E-state index in [-0.39, 0.29) is 12.1 Å². The Hall–Kier alpha value is -3.09. The molecule has 2 heterocycles. The molecule has 0 radical (unpaired) electrons. The average molecular weight is 311 g/mol. The van der Waals surface area contributed by atoms with Crippen LogP contribution < -0.4 is 10.6 Å². The number of aromatic nitrogens is 3. The highest BCUT2D eigenvalue weighted by molar-refractivity contribution is 5.88. The van der Waals surface area contributed by atoms with E-state index in [2.05, 4.69) is 20.8 Å². The predicted molar refractivity (Wildman–Crippen MR) is 85.4 cm³/mol. The van der Waals surface area contributed by atoms with Crippen molar-refractivity contribution < 1.29 is 9.32 Å². The van der Waals surface area contributed by atoms with Gasteiger partial charge in [-0.05, 0) is 31.5 Å². The molecule has 2 aromatic heterocycles. The Bertz CT molecular complexity index is 777. The number of nitrogens with zero attached hydrogens (tertiary/aromatic N) is 3. The van der Waals surface area contributed by atoms with Crippen LogP contribution in [0.1, 0.15) is 24.3 Å². The van der Waals surface area contributed by atoms with E-state index in [1.165, 1.54) is 0 Å². The molecule has 0 saturated heterocycles. The van der Waals surface area contributed by atoms with Crippen LogP contribution in [0.2, 0.25) is 0 Å². The second-order valence-electron chi connectivity index (χ2n) is 5.20. The van der Waals surface area contributed by atoms with Crippen LogP contribution in [0.4, 0.5) is 10.6 Å². The van der Waals surface area contributed by atoms with E-state index < -0.39 is 0 Å². The molecule has 2 amide bonds. The Balaban J connectivity index is 1.61. The van der Waals surface area contributed by atoms with Crippen LogP contribution in [0.25, 0.3) is 5.69 Å². The first-order chi connectivity index (χ1) is 11.1. The predicted octanol–water partition coefficient (Wildman–Crippen LogP) is 3.05. The molecule has 0 fully saturated rings. The van der Waals surface area contributed by atoms with Crippen molar-refractivity contribution in [2.45, 2.75) is 19.9 Å². The number of nitrogens with one attached hydrogen (secondary N) is 2. The highest BCUT2D eigenvalue weighted by Gasteiger charge is 2.11. The number of imidazole rings is 1. The normalized spacial score (nSPS) is 11.9. The topological polar surface area (TPSA) is 85.0 Å². The standard InChI is InChI=1S/C16H17N5O2/c1-11-9-15(20-23-11)19-16(22)18-12(2)13-3-5-14(6-4-13)21-8-7-17-10-21/h3-10,12H,1-2H3,(H2,18,19,20,22). The van der Waals surface area contributed by atoms with Crippen molar-refractivity contribution in [3.8, 4) is 5.69 Å². The zero-order valence-corrected chi connectivity index (χ0v) is 12.9. The molecule has 3 rings (SSSR count). The number of carbonyl (C=O) groups excluding carboxylic acids is 1. The molecule has 7 nitrogen and oxygen atoms in total. The summed E-state index contributed by atoms with van der Waals surface area (Å²) in [7, 11) is 0. The molecule has 0 bridgehead atoms. The van der Waals surface area contributed by atoms with E-state index in [1.807, 2.05) is 42.0 Å². The summed E-state index contributed by atoms with van der Waals surface area (Å²) in [5, 5.41) is 9.21. The Morgan fingerprint density at radius 2 is 2.09 bits per heavy atom. The zero-order chi connectivity index (χ0) is 16.2. The number of carbonyl (C=O) groups is 1. The summed E-state index contributed by atoms with van der Waals surface area (Å²) in [4.78, 5) is 16.0. The largest absolute Gasteiger partial charge is 0.360 e. The number of hydrogen-bond acceptors (Lipinski definition) is 4. The minimum absolute atomic E-state index is 0.139. The summed E-state index contributed by atoms with van der Waals surface area (Å²) >= 11 is 0. The van der Waals surface area contributed by atoms with Crippen LogP contribution in [-0.4, -0.2) is 20.7 Å². The maximum absolute atomic E-state index is 11.9. The lowest BCUT2D eigenvalue weighted by Gasteiger charge is -2.15. The molecule has 0 aliphatic carbocycles. The van der Waals surface area contributed by atoms with Crippen LogP contribution in [0.15, 0.2) is 53.6 Å². The Kier molecular flexibility index (Phi) is 4.09. The molecule has 0 aliphatic heterocycles. The van der Waals surface area contributed by atoms with Crippen molar-refractivity contribution in [2.24, 2.45) is 0 Å². The van der Waals surface area contributed by atoms with Gasteiger partial charge in [0, 0.05) is 24.1 Å². The Morgan fingerprint density at radius 3 is 2.70 bits per heavy atom. The number of aryl methyl sites for hydroxylation is 1. The first-order valence-corrected chi connectivity index (χ1v) is 7.21. The van der Waals surface area contributed by atoms with Crippen molar-refractivity contribution in [3.05, 3.63) is 60.4 Å². The fourth-order valence-corrected chi connectivity index (χ4v) is 2.20. The number of amides is 2. The van der Waals surface area contributed by atoms with Gasteiger partial charge in [0.1, 0.15) is 5.76 Å². The van der Waals surface area contributed by atoms with Crippen LogP contribution in [0.5, 0.6) is 0 Å². The second-order valence-corrected chi connectivity index (χ2v) is 5.20. The fourth-order valence-electron chi connectivity index (χ4n) is 2.20. The molecule has 1 unspecified atom stereocenters. The minimum atomic E-state index is -0.329. The van der Waals surface area contributed by atoms with Crippen molar-refractivity contribution in [3.63, 3.8) is 0 Å². The molecule has 7 heteroatoms. The van der Waals surface area contributed by atoms with Gasteiger partial charge in [-0.15, -0.1) is 0 Å². The van der Waals surface area contributed by atoms with Gasteiger partial charge in [0.25, 0.3) is 0 Å². The SMILES string of the molecule is Cc1cc(NC(=O)NC(C)c2ccc(-n3ccnc3)cc2)no1. The summed E-state index contributed by atoms with van der Waals surface area (Å²) in [5.74, 6) is 1.03. The lowest BCUT2D eigenvalue weighted by Crippen LogP contribution is -2.31. The van der Waals surface area contributed by atoms with Crippen molar-refractivity contribution >= 4 is 11.8 Å². The number of hydrogen-bond donors (Lipinski definition) is 2. The van der Waals surface area contributed by atoms with Crippen LogP contribution in [0, 0.1) is 6.92 Å². The summed E-state index contributed by atoms with van der Waals surface area (Å²) in [5.41, 5.74) is 2.02. The Morgan fingerprint density at radius 1 is 1.30 bits per heavy atom. The maximum Gasteiger partial charge on any atom is 0.320 e. The minimum Gasteiger partial charge on any atom is -0.360 e. The molecule has 2 N–H and O–H groups in total. The van der Waals surface area contributed by atoms with E-state index in [0.29, 0.717) is 11.6 Å². The summed E-state index contributed by atoms with van der Waals surface area (Å²) in [6, 6.07) is 9.09. The summed E-state index contributed by atoms with van der Waals surface area (Å²) in [6.07, 6.45) is 5.35. The van der Waals surface area contributed by atoms with Gasteiger partial charge in [0.15, 0.2) is 5.82 Å². The third-order valence-electron chi connectivity index (χ3n) is 3.41. The van der Waals surface area contributed by atoms with Crippen LogP contribution in [0.3, 0.4) is 0 Å². The first-order valence-electron chi connectivity index (χ1n) is 7.21. The van der Waals surface area contributed by atoms with Crippen molar-refractivity contribution in [1.29, 1.82) is 0 Å². The molecule has 23 heavy (non-hydrogen) atoms. The lowest BCUT2D eigenvalue weighted by molar-refractivity contribution is 0.249. The van der Waals surface area contributed by atoms with E-state index in [4.69, 9.17) is 4.52 Å². The van der Waals surface area contributed by atoms with E-state index in [0.717, 1.165) is 11.3 Å². The van der Waals surface area contributed by atoms with Gasteiger partial charge in [-0.25, -0.2) is 9.78 Å². The number of anilines is 1. The van der Waals surface area contributed by atoms with Crippen LogP contribution in [-0.2, 0) is 0 Å². The van der Waals surface area contributed by atoms with Gasteiger partial charge in [-0.1, -0.05) is 17.3 Å². The number of urea groups is 1. The zero-order valence-electron chi connectivity index (χ0n) is 12.9. The maximum atomic E-state index is 11.9. The van der Waals surface area contributed by atoms with Gasteiger partial charge in [-0.2, -0.15) is 0 Å². The molecule has 0 aliphatic rings. The highest BCUT2D eigenvalue weighted by atomic mass is 16.5. The van der Waals surface area contributed by atoms with Gasteiger partial charge < -0.3 is 14.4 Å². The van der Waals surface area contributed by atoms with Gasteiger partial charge in [0.2, 0.25) is 0 Å². The lowest BCUT2D eigenvalue weighted by atomic mass is 10.1. The second kappa shape index (κ2) is 6.35. The third kappa shape index (κ3) is 3.57. The molecule has 1 atom stereocenters. The quantitative estimate of drug-likeness (QED) is 0.775. The molecular weight excluding hydrogens is 294 g/mol. The van der Waals surface area contributed by atoms with E-state index in [1.54, 1.807) is 25.5 Å². The molecule has 3 aromatic rings. The first kappa shape index (κ1) is 14.8. The van der Waals surface area contributed by atoms with Gasteiger partial charge in [0.05, 0.1) is 12.4 Å². The highest BCUT2D eigenvalue weighted by Crippen LogP contribution is 2.16. The van der Waals surface area contributed by atoms with E-state index in [9.17, 15) is 4.79 Å². The molecule has 0 saturated carbocycles. The van der Waals surface area contributed by atoms with Crippen molar-refractivity contribution in [1.82, 2.24) is 20.0 Å². The third-order valence-corrected chi connectivity index (χ3v) is 3.41. The van der Waals surface area contributed by atoms with E-state index >= 15 is 0 Å². The smallest absolute Gasteiger partial charge is 0.320 e. The number of benzene rings is 1. The fraction of sp³-hybridized carbons (Fsp3) is 0.188. The molecule has 1 aromatic carbocycles. The summed E-state index contributed by atoms with van der Waals surface area (Å²) < 4.78 is 6.82. The van der Waals surface area contributed by atoms with Crippen molar-refractivity contribution in [2.75, 3.05) is 5.32 Å². The van der Waals surface area contributed by atoms with Gasteiger partial charge in [-0.3, -0.25) is 5.32 Å².